The van der Waals surface area contributed by atoms with E-state index in [1.54, 1.807) is 30.5 Å². The van der Waals surface area contributed by atoms with Gasteiger partial charge in [-0.15, -0.1) is 0 Å². The Morgan fingerprint density at radius 3 is 2.93 bits per heavy atom. The van der Waals surface area contributed by atoms with Crippen molar-refractivity contribution in [2.75, 3.05) is 0 Å². The number of nitrogens with zero attached hydrogens (tertiary/aromatic N) is 2. The van der Waals surface area contributed by atoms with Gasteiger partial charge in [-0.25, -0.2) is 4.68 Å². The maximum atomic E-state index is 10.4. The van der Waals surface area contributed by atoms with Crippen molar-refractivity contribution in [3.63, 3.8) is 0 Å². The fraction of sp³-hybridized carbons (Fsp3) is 0. The van der Waals surface area contributed by atoms with Crippen molar-refractivity contribution < 1.29 is 9.90 Å². The molecule has 0 atom stereocenters. The van der Waals surface area contributed by atoms with E-state index >= 15 is 0 Å². The topological polar surface area (TPSA) is 55.1 Å². The smallest absolute Gasteiger partial charge is 0.153 e. The summed E-state index contributed by atoms with van der Waals surface area (Å²) >= 11 is 0. The van der Waals surface area contributed by atoms with Crippen molar-refractivity contribution in [3.05, 3.63) is 42.2 Å². The average Bonchev–Trinajstić information content (AvgIpc) is 2.66. The fourth-order valence-electron chi connectivity index (χ4n) is 1.17. The van der Waals surface area contributed by atoms with Crippen LogP contribution in [0.4, 0.5) is 0 Å². The highest BCUT2D eigenvalue weighted by Crippen LogP contribution is 2.14. The molecule has 0 radical (unpaired) electrons. The van der Waals surface area contributed by atoms with Crippen molar-refractivity contribution in [2.45, 2.75) is 0 Å². The molecule has 0 amide bonds. The number of carbonyl (C=O) groups is 1. The first-order chi connectivity index (χ1) is 6.79. The van der Waals surface area contributed by atoms with E-state index in [1.807, 2.05) is 0 Å². The molecule has 1 heterocycles. The molecule has 0 aliphatic rings. The number of hydrogen-bond acceptors (Lipinski definition) is 3. The number of aromatic hydroxyl groups is 1. The highest BCUT2D eigenvalue weighted by atomic mass is 16.3. The lowest BCUT2D eigenvalue weighted by atomic mass is 10.3. The Morgan fingerprint density at radius 2 is 2.29 bits per heavy atom. The van der Waals surface area contributed by atoms with Gasteiger partial charge >= 0.3 is 0 Å². The summed E-state index contributed by atoms with van der Waals surface area (Å²) in [7, 11) is 0. The minimum Gasteiger partial charge on any atom is -0.508 e. The molecule has 0 spiro atoms. The molecule has 1 N–H and O–H groups in total. The zero-order chi connectivity index (χ0) is 9.97. The molecule has 2 aromatic rings. The van der Waals surface area contributed by atoms with Crippen molar-refractivity contribution >= 4 is 6.29 Å². The van der Waals surface area contributed by atoms with E-state index in [2.05, 4.69) is 5.10 Å². The zero-order valence-electron chi connectivity index (χ0n) is 7.29. The van der Waals surface area contributed by atoms with Crippen molar-refractivity contribution in [1.82, 2.24) is 9.78 Å². The van der Waals surface area contributed by atoms with E-state index < -0.39 is 0 Å². The Balaban J connectivity index is 2.43. The second-order valence-corrected chi connectivity index (χ2v) is 2.86. The predicted molar refractivity (Wildman–Crippen MR) is 50.6 cm³/mol. The van der Waals surface area contributed by atoms with Crippen LogP contribution in [0.15, 0.2) is 36.7 Å². The quantitative estimate of drug-likeness (QED) is 0.724. The van der Waals surface area contributed by atoms with Gasteiger partial charge in [0.25, 0.3) is 0 Å². The molecule has 70 valence electrons. The number of benzene rings is 1. The van der Waals surface area contributed by atoms with Gasteiger partial charge in [0.15, 0.2) is 6.29 Å². The van der Waals surface area contributed by atoms with Crippen molar-refractivity contribution in [1.29, 1.82) is 0 Å². The van der Waals surface area contributed by atoms with Crippen LogP contribution in [-0.2, 0) is 0 Å². The van der Waals surface area contributed by atoms with E-state index in [-0.39, 0.29) is 5.75 Å². The van der Waals surface area contributed by atoms with E-state index in [0.717, 1.165) is 12.0 Å². The van der Waals surface area contributed by atoms with E-state index in [1.165, 1.54) is 10.9 Å². The summed E-state index contributed by atoms with van der Waals surface area (Å²) in [5, 5.41) is 13.2. The third-order valence-electron chi connectivity index (χ3n) is 1.83. The summed E-state index contributed by atoms with van der Waals surface area (Å²) in [6, 6.07) is 6.66. The molecule has 1 aromatic carbocycles. The van der Waals surface area contributed by atoms with Crippen molar-refractivity contribution in [3.8, 4) is 11.4 Å². The van der Waals surface area contributed by atoms with Gasteiger partial charge in [0, 0.05) is 12.3 Å². The Bertz CT molecular complexity index is 463. The fourth-order valence-corrected chi connectivity index (χ4v) is 1.17. The molecular weight excluding hydrogens is 180 g/mol. The zero-order valence-corrected chi connectivity index (χ0v) is 7.29. The molecule has 0 aliphatic heterocycles. The summed E-state index contributed by atoms with van der Waals surface area (Å²) in [5.74, 6) is 0.172. The van der Waals surface area contributed by atoms with E-state index in [4.69, 9.17) is 0 Å². The van der Waals surface area contributed by atoms with Crippen LogP contribution in [0.2, 0.25) is 0 Å². The summed E-state index contributed by atoms with van der Waals surface area (Å²) in [5.41, 5.74) is 1.23. The number of rotatable bonds is 2. The number of carbonyl (C=O) groups excluding carboxylic acids is 1. The van der Waals surface area contributed by atoms with Crippen LogP contribution in [0.3, 0.4) is 0 Å². The minimum atomic E-state index is 0.172. The van der Waals surface area contributed by atoms with E-state index in [9.17, 15) is 9.90 Å². The largest absolute Gasteiger partial charge is 0.508 e. The summed E-state index contributed by atoms with van der Waals surface area (Å²) in [4.78, 5) is 10.4. The number of aromatic nitrogens is 2. The van der Waals surface area contributed by atoms with Crippen LogP contribution >= 0.6 is 0 Å². The third kappa shape index (κ3) is 1.50. The molecule has 1 aromatic heterocycles. The molecule has 0 saturated heterocycles. The maximum absolute atomic E-state index is 10.4. The molecule has 14 heavy (non-hydrogen) atoms. The van der Waals surface area contributed by atoms with Crippen molar-refractivity contribution in [2.24, 2.45) is 0 Å². The first kappa shape index (κ1) is 8.50. The summed E-state index contributed by atoms with van der Waals surface area (Å²) in [6.07, 6.45) is 3.80. The van der Waals surface area contributed by atoms with Crippen LogP contribution in [0.5, 0.6) is 5.75 Å². The molecule has 0 bridgehead atoms. The van der Waals surface area contributed by atoms with Gasteiger partial charge in [-0.1, -0.05) is 6.07 Å². The van der Waals surface area contributed by atoms with Gasteiger partial charge in [-0.3, -0.25) is 4.79 Å². The minimum absolute atomic E-state index is 0.172. The normalized spacial score (nSPS) is 10.0. The second kappa shape index (κ2) is 3.33. The van der Waals surface area contributed by atoms with Gasteiger partial charge in [0.2, 0.25) is 0 Å². The standard InChI is InChI=1S/C10H8N2O2/c13-7-8-5-11-12(6-8)9-2-1-3-10(14)4-9/h1-7,14H. The lowest BCUT2D eigenvalue weighted by Crippen LogP contribution is -1.92. The number of phenols is 1. The van der Waals surface area contributed by atoms with Gasteiger partial charge < -0.3 is 5.11 Å². The molecule has 0 saturated carbocycles. The third-order valence-corrected chi connectivity index (χ3v) is 1.83. The predicted octanol–water partition coefficient (Wildman–Crippen LogP) is 1.39. The van der Waals surface area contributed by atoms with Gasteiger partial charge in [-0.05, 0) is 12.1 Å². The summed E-state index contributed by atoms with van der Waals surface area (Å²) < 4.78 is 1.53. The molecule has 4 heteroatoms. The Labute approximate surface area is 80.4 Å². The first-order valence-corrected chi connectivity index (χ1v) is 4.09. The maximum Gasteiger partial charge on any atom is 0.153 e. The Hall–Kier alpha value is -2.10. The Kier molecular flexibility index (Phi) is 2.02. The lowest BCUT2D eigenvalue weighted by molar-refractivity contribution is 0.112. The molecule has 0 aliphatic carbocycles. The van der Waals surface area contributed by atoms with Crippen LogP contribution in [0.25, 0.3) is 5.69 Å². The molecule has 4 nitrogen and oxygen atoms in total. The first-order valence-electron chi connectivity index (χ1n) is 4.09. The average molecular weight is 188 g/mol. The molecule has 2 rings (SSSR count). The highest BCUT2D eigenvalue weighted by Gasteiger charge is 1.99. The van der Waals surface area contributed by atoms with E-state index in [0.29, 0.717) is 5.56 Å². The number of phenolic OH excluding ortho intramolecular Hbond substituents is 1. The van der Waals surface area contributed by atoms with Crippen LogP contribution in [0, 0.1) is 0 Å². The van der Waals surface area contributed by atoms with Gasteiger partial charge in [0.05, 0.1) is 17.4 Å². The van der Waals surface area contributed by atoms with Gasteiger partial charge in [0.1, 0.15) is 5.75 Å². The highest BCUT2D eigenvalue weighted by molar-refractivity contribution is 5.73. The Morgan fingerprint density at radius 1 is 1.43 bits per heavy atom. The SMILES string of the molecule is O=Cc1cnn(-c2cccc(O)c2)c1. The van der Waals surface area contributed by atoms with Crippen LogP contribution in [0.1, 0.15) is 10.4 Å². The van der Waals surface area contributed by atoms with Crippen LogP contribution in [-0.4, -0.2) is 21.2 Å². The lowest BCUT2D eigenvalue weighted by Gasteiger charge is -2.00. The molecule has 0 fully saturated rings. The second-order valence-electron chi connectivity index (χ2n) is 2.86. The van der Waals surface area contributed by atoms with Crippen LogP contribution < -0.4 is 0 Å². The number of hydrogen-bond donors (Lipinski definition) is 1. The summed E-state index contributed by atoms with van der Waals surface area (Å²) in [6.45, 7) is 0. The molecule has 0 unspecified atom stereocenters. The molecular formula is C10H8N2O2. The monoisotopic (exact) mass is 188 g/mol. The van der Waals surface area contributed by atoms with Gasteiger partial charge in [-0.2, -0.15) is 5.10 Å². The number of aldehydes is 1.